The van der Waals surface area contributed by atoms with E-state index in [2.05, 4.69) is 25.8 Å². The van der Waals surface area contributed by atoms with E-state index in [9.17, 15) is 13.2 Å². The zero-order valence-corrected chi connectivity index (χ0v) is 13.2. The minimum atomic E-state index is -4.48. The van der Waals surface area contributed by atoms with E-state index in [0.29, 0.717) is 5.82 Å². The molecule has 0 aliphatic heterocycles. The normalized spacial score (nSPS) is 11.2. The topological polar surface area (TPSA) is 62.7 Å². The van der Waals surface area contributed by atoms with Crippen molar-refractivity contribution in [3.05, 3.63) is 65.9 Å². The highest BCUT2D eigenvalue weighted by atomic mass is 19.4. The Hall–Kier alpha value is -3.16. The number of rotatable bonds is 4. The first-order valence-corrected chi connectivity index (χ1v) is 7.38. The SMILES string of the molecule is Cc1cccc(Nc2cnnc(Nc3ccccc3C(F)(F)F)n2)c1. The summed E-state index contributed by atoms with van der Waals surface area (Å²) in [5, 5.41) is 13.1. The van der Waals surface area contributed by atoms with Gasteiger partial charge in [-0.1, -0.05) is 24.3 Å². The van der Waals surface area contributed by atoms with Gasteiger partial charge in [0.2, 0.25) is 5.95 Å². The second-order valence-electron chi connectivity index (χ2n) is 5.33. The third-order valence-electron chi connectivity index (χ3n) is 3.33. The molecule has 1 heterocycles. The van der Waals surface area contributed by atoms with Gasteiger partial charge < -0.3 is 10.6 Å². The average Bonchev–Trinajstić information content (AvgIpc) is 2.55. The molecular formula is C17H14F3N5. The van der Waals surface area contributed by atoms with Gasteiger partial charge in [-0.25, -0.2) is 0 Å². The third-order valence-corrected chi connectivity index (χ3v) is 3.33. The maximum absolute atomic E-state index is 13.0. The Labute approximate surface area is 141 Å². The monoisotopic (exact) mass is 345 g/mol. The van der Waals surface area contributed by atoms with Gasteiger partial charge in [-0.2, -0.15) is 23.3 Å². The van der Waals surface area contributed by atoms with Gasteiger partial charge in [0, 0.05) is 5.69 Å². The lowest BCUT2D eigenvalue weighted by Gasteiger charge is -2.13. The Morgan fingerprint density at radius 3 is 2.52 bits per heavy atom. The third kappa shape index (κ3) is 4.23. The molecule has 3 rings (SSSR count). The van der Waals surface area contributed by atoms with Crippen molar-refractivity contribution >= 4 is 23.1 Å². The van der Waals surface area contributed by atoms with E-state index in [4.69, 9.17) is 0 Å². The van der Waals surface area contributed by atoms with Crippen LogP contribution in [0.2, 0.25) is 0 Å². The van der Waals surface area contributed by atoms with Gasteiger partial charge in [0.05, 0.1) is 17.4 Å². The molecule has 2 aromatic carbocycles. The number of nitrogens with zero attached hydrogens (tertiary/aromatic N) is 3. The van der Waals surface area contributed by atoms with Crippen LogP contribution in [0.25, 0.3) is 0 Å². The van der Waals surface area contributed by atoms with E-state index in [1.807, 2.05) is 31.2 Å². The van der Waals surface area contributed by atoms with Crippen LogP contribution >= 0.6 is 0 Å². The van der Waals surface area contributed by atoms with Gasteiger partial charge >= 0.3 is 6.18 Å². The maximum atomic E-state index is 13.0. The molecule has 0 saturated carbocycles. The van der Waals surface area contributed by atoms with E-state index < -0.39 is 11.7 Å². The Balaban J connectivity index is 1.83. The van der Waals surface area contributed by atoms with Crippen molar-refractivity contribution in [2.75, 3.05) is 10.6 Å². The molecule has 0 aliphatic rings. The summed E-state index contributed by atoms with van der Waals surface area (Å²) in [6.45, 7) is 1.95. The van der Waals surface area contributed by atoms with Crippen molar-refractivity contribution in [3.8, 4) is 0 Å². The van der Waals surface area contributed by atoms with Gasteiger partial charge in [-0.15, -0.1) is 5.10 Å². The molecular weight excluding hydrogens is 331 g/mol. The molecule has 1 aromatic heterocycles. The predicted molar refractivity (Wildman–Crippen MR) is 89.0 cm³/mol. The number of aromatic nitrogens is 3. The smallest absolute Gasteiger partial charge is 0.339 e. The molecule has 8 heteroatoms. The molecule has 0 radical (unpaired) electrons. The fourth-order valence-corrected chi connectivity index (χ4v) is 2.25. The van der Waals surface area contributed by atoms with Crippen molar-refractivity contribution in [3.63, 3.8) is 0 Å². The number of benzene rings is 2. The number of halogens is 3. The molecule has 3 aromatic rings. The van der Waals surface area contributed by atoms with E-state index in [-0.39, 0.29) is 11.6 Å². The number of para-hydroxylation sites is 1. The number of alkyl halides is 3. The van der Waals surface area contributed by atoms with Gasteiger partial charge in [0.25, 0.3) is 0 Å². The summed E-state index contributed by atoms with van der Waals surface area (Å²) in [6, 6.07) is 12.7. The Morgan fingerprint density at radius 1 is 0.960 bits per heavy atom. The summed E-state index contributed by atoms with van der Waals surface area (Å²) < 4.78 is 39.1. The number of hydrogen-bond acceptors (Lipinski definition) is 5. The van der Waals surface area contributed by atoms with Crippen molar-refractivity contribution in [1.29, 1.82) is 0 Å². The Kier molecular flexibility index (Phi) is 4.51. The molecule has 0 unspecified atom stereocenters. The number of aryl methyl sites for hydroxylation is 1. The van der Waals surface area contributed by atoms with E-state index in [1.165, 1.54) is 24.4 Å². The van der Waals surface area contributed by atoms with Gasteiger partial charge in [-0.05, 0) is 36.8 Å². The molecule has 0 aliphatic carbocycles. The van der Waals surface area contributed by atoms with Crippen molar-refractivity contribution in [1.82, 2.24) is 15.2 Å². The van der Waals surface area contributed by atoms with E-state index >= 15 is 0 Å². The molecule has 0 amide bonds. The van der Waals surface area contributed by atoms with Crippen molar-refractivity contribution in [2.45, 2.75) is 13.1 Å². The van der Waals surface area contributed by atoms with Crippen LogP contribution in [0.4, 0.5) is 36.3 Å². The second-order valence-corrected chi connectivity index (χ2v) is 5.33. The minimum Gasteiger partial charge on any atom is -0.339 e. The molecule has 25 heavy (non-hydrogen) atoms. The summed E-state index contributed by atoms with van der Waals surface area (Å²) in [4.78, 5) is 4.15. The number of nitrogens with one attached hydrogen (secondary N) is 2. The molecule has 0 spiro atoms. The van der Waals surface area contributed by atoms with Gasteiger partial charge in [0.15, 0.2) is 5.82 Å². The molecule has 128 valence electrons. The average molecular weight is 345 g/mol. The summed E-state index contributed by atoms with van der Waals surface area (Å²) in [7, 11) is 0. The highest BCUT2D eigenvalue weighted by molar-refractivity contribution is 5.61. The zero-order chi connectivity index (χ0) is 17.9. The summed E-state index contributed by atoms with van der Waals surface area (Å²) in [5.41, 5.74) is 0.923. The maximum Gasteiger partial charge on any atom is 0.418 e. The molecule has 5 nitrogen and oxygen atoms in total. The largest absolute Gasteiger partial charge is 0.418 e. The molecule has 0 saturated heterocycles. The second kappa shape index (κ2) is 6.76. The zero-order valence-electron chi connectivity index (χ0n) is 13.2. The molecule has 0 fully saturated rings. The van der Waals surface area contributed by atoms with Crippen LogP contribution in [0, 0.1) is 6.92 Å². The fraction of sp³-hybridized carbons (Fsp3) is 0.118. The van der Waals surface area contributed by atoms with Crippen LogP contribution in [-0.4, -0.2) is 15.2 Å². The quantitative estimate of drug-likeness (QED) is 0.718. The van der Waals surface area contributed by atoms with Gasteiger partial charge in [0.1, 0.15) is 0 Å². The summed E-state index contributed by atoms with van der Waals surface area (Å²) in [6.07, 6.45) is -3.09. The van der Waals surface area contributed by atoms with Crippen LogP contribution in [0.3, 0.4) is 0 Å². The first-order chi connectivity index (χ1) is 11.9. The highest BCUT2D eigenvalue weighted by Gasteiger charge is 2.33. The first kappa shape index (κ1) is 16.7. The van der Waals surface area contributed by atoms with Crippen LogP contribution < -0.4 is 10.6 Å². The van der Waals surface area contributed by atoms with Crippen LogP contribution in [0.5, 0.6) is 0 Å². The van der Waals surface area contributed by atoms with Gasteiger partial charge in [-0.3, -0.25) is 0 Å². The lowest BCUT2D eigenvalue weighted by molar-refractivity contribution is -0.136. The molecule has 2 N–H and O–H groups in total. The summed E-state index contributed by atoms with van der Waals surface area (Å²) in [5.74, 6) is 0.335. The van der Waals surface area contributed by atoms with Crippen LogP contribution in [0.15, 0.2) is 54.7 Å². The van der Waals surface area contributed by atoms with Crippen LogP contribution in [0.1, 0.15) is 11.1 Å². The van der Waals surface area contributed by atoms with Crippen molar-refractivity contribution in [2.24, 2.45) is 0 Å². The van der Waals surface area contributed by atoms with E-state index in [0.717, 1.165) is 17.3 Å². The molecule has 0 atom stereocenters. The number of anilines is 4. The minimum absolute atomic E-state index is 0.0330. The summed E-state index contributed by atoms with van der Waals surface area (Å²) >= 11 is 0. The number of hydrogen-bond donors (Lipinski definition) is 2. The van der Waals surface area contributed by atoms with E-state index in [1.54, 1.807) is 0 Å². The lowest BCUT2D eigenvalue weighted by Crippen LogP contribution is -2.10. The first-order valence-electron chi connectivity index (χ1n) is 7.38. The fourth-order valence-electron chi connectivity index (χ4n) is 2.25. The Morgan fingerprint density at radius 2 is 1.76 bits per heavy atom. The predicted octanol–water partition coefficient (Wildman–Crippen LogP) is 4.69. The lowest BCUT2D eigenvalue weighted by atomic mass is 10.1. The van der Waals surface area contributed by atoms with Crippen molar-refractivity contribution < 1.29 is 13.2 Å². The standard InChI is InChI=1S/C17H14F3N5/c1-11-5-4-6-12(9-11)22-15-10-21-25-16(24-15)23-14-8-3-2-7-13(14)17(18,19)20/h2-10H,1H3,(H2,22,23,24,25). The Bertz CT molecular complexity index is 880. The highest BCUT2D eigenvalue weighted by Crippen LogP contribution is 2.35. The molecule has 0 bridgehead atoms. The van der Waals surface area contributed by atoms with Crippen LogP contribution in [-0.2, 0) is 6.18 Å².